The van der Waals surface area contributed by atoms with E-state index in [1.165, 1.54) is 32.1 Å². The summed E-state index contributed by atoms with van der Waals surface area (Å²) < 4.78 is 0. The van der Waals surface area contributed by atoms with Crippen LogP contribution in [0.3, 0.4) is 0 Å². The molecule has 0 heterocycles. The van der Waals surface area contributed by atoms with Crippen LogP contribution in [0.15, 0.2) is 0 Å². The predicted octanol–water partition coefficient (Wildman–Crippen LogP) is 3.18. The van der Waals surface area contributed by atoms with E-state index in [4.69, 9.17) is 0 Å². The van der Waals surface area contributed by atoms with Crippen molar-refractivity contribution in [2.24, 2.45) is 5.41 Å². The van der Waals surface area contributed by atoms with Gasteiger partial charge in [0.05, 0.1) is 0 Å². The molecule has 0 saturated heterocycles. The minimum atomic E-state index is 0.632. The van der Waals surface area contributed by atoms with Crippen molar-refractivity contribution in [3.8, 4) is 0 Å². The highest BCUT2D eigenvalue weighted by Gasteiger charge is 2.15. The van der Waals surface area contributed by atoms with Crippen molar-refractivity contribution in [2.75, 3.05) is 0 Å². The van der Waals surface area contributed by atoms with E-state index < -0.39 is 0 Å². The average molecular weight is 125 g/mol. The lowest BCUT2D eigenvalue weighted by atomic mass is 9.85. The molecule has 0 aromatic heterocycles. The lowest BCUT2D eigenvalue weighted by molar-refractivity contribution is 0.316. The van der Waals surface area contributed by atoms with Gasteiger partial charge in [-0.2, -0.15) is 12.8 Å². The monoisotopic (exact) mass is 125 g/mol. The summed E-state index contributed by atoms with van der Waals surface area (Å²) in [6.07, 6.45) is 9.36. The normalized spacial score (nSPS) is 27.3. The molecule has 0 amide bonds. The molecule has 0 spiro atoms. The SMILES string of the molecule is CC1(C)CC[CH-]CCC1. The van der Waals surface area contributed by atoms with Gasteiger partial charge >= 0.3 is 0 Å². The Hall–Kier alpha value is 0. The Balaban J connectivity index is 2.36. The predicted molar refractivity (Wildman–Crippen MR) is 41.2 cm³/mol. The first-order valence-corrected chi connectivity index (χ1v) is 4.02. The second-order valence-corrected chi connectivity index (χ2v) is 3.88. The van der Waals surface area contributed by atoms with Gasteiger partial charge in [-0.15, -0.1) is 0 Å². The largest absolute Gasteiger partial charge is 0.328 e. The second kappa shape index (κ2) is 2.72. The molecule has 0 aliphatic heterocycles. The van der Waals surface area contributed by atoms with Gasteiger partial charge in [0.15, 0.2) is 0 Å². The van der Waals surface area contributed by atoms with Crippen molar-refractivity contribution >= 4 is 0 Å². The third-order valence-electron chi connectivity index (χ3n) is 2.29. The molecule has 0 atom stereocenters. The molecular formula is C9H17-. The van der Waals surface area contributed by atoms with Gasteiger partial charge in [0.2, 0.25) is 0 Å². The van der Waals surface area contributed by atoms with E-state index in [1.54, 1.807) is 0 Å². The zero-order valence-electron chi connectivity index (χ0n) is 6.61. The number of hydrogen-bond donors (Lipinski definition) is 0. The van der Waals surface area contributed by atoms with Gasteiger partial charge in [-0.3, -0.25) is 0 Å². The maximum atomic E-state index is 2.44. The Morgan fingerprint density at radius 3 is 2.67 bits per heavy atom. The molecule has 54 valence electrons. The molecule has 1 fully saturated rings. The standard InChI is InChI=1S/C9H17/c1-9(2)7-5-3-4-6-8-9/h3H,4-8H2,1-2H3/q-1. The average Bonchev–Trinajstić information content (AvgIpc) is 1.92. The van der Waals surface area contributed by atoms with Crippen LogP contribution in [0.5, 0.6) is 0 Å². The van der Waals surface area contributed by atoms with Crippen LogP contribution in [0, 0.1) is 11.8 Å². The van der Waals surface area contributed by atoms with Crippen LogP contribution >= 0.6 is 0 Å². The van der Waals surface area contributed by atoms with E-state index in [0.29, 0.717) is 5.41 Å². The molecular weight excluding hydrogens is 108 g/mol. The smallest absolute Gasteiger partial charge is 0.0379 e. The minimum Gasteiger partial charge on any atom is -0.328 e. The fourth-order valence-corrected chi connectivity index (χ4v) is 1.49. The highest BCUT2D eigenvalue weighted by Crippen LogP contribution is 2.32. The Morgan fingerprint density at radius 1 is 1.11 bits per heavy atom. The van der Waals surface area contributed by atoms with E-state index in [9.17, 15) is 0 Å². The van der Waals surface area contributed by atoms with Gasteiger partial charge in [0.1, 0.15) is 0 Å². The van der Waals surface area contributed by atoms with Gasteiger partial charge in [0, 0.05) is 0 Å². The first-order chi connectivity index (χ1) is 4.21. The summed E-state index contributed by atoms with van der Waals surface area (Å²) in [5, 5.41) is 0. The van der Waals surface area contributed by atoms with Crippen LogP contribution in [0.25, 0.3) is 0 Å². The topological polar surface area (TPSA) is 0 Å². The van der Waals surface area contributed by atoms with Crippen molar-refractivity contribution in [3.63, 3.8) is 0 Å². The molecule has 0 aromatic carbocycles. The third-order valence-corrected chi connectivity index (χ3v) is 2.29. The van der Waals surface area contributed by atoms with Gasteiger partial charge in [-0.1, -0.05) is 33.1 Å². The maximum Gasteiger partial charge on any atom is -0.0379 e. The van der Waals surface area contributed by atoms with Gasteiger partial charge in [-0.25, -0.2) is 0 Å². The fourth-order valence-electron chi connectivity index (χ4n) is 1.49. The Bertz CT molecular complexity index is 72.0. The molecule has 0 unspecified atom stereocenters. The van der Waals surface area contributed by atoms with Crippen LogP contribution in [0.2, 0.25) is 0 Å². The van der Waals surface area contributed by atoms with Crippen molar-refractivity contribution in [1.82, 2.24) is 0 Å². The van der Waals surface area contributed by atoms with Gasteiger partial charge in [-0.05, 0) is 5.41 Å². The van der Waals surface area contributed by atoms with Gasteiger partial charge in [0.25, 0.3) is 0 Å². The van der Waals surface area contributed by atoms with E-state index >= 15 is 0 Å². The molecule has 0 N–H and O–H groups in total. The molecule has 1 rings (SSSR count). The lowest BCUT2D eigenvalue weighted by Crippen LogP contribution is -2.08. The van der Waals surface area contributed by atoms with Crippen molar-refractivity contribution in [1.29, 1.82) is 0 Å². The van der Waals surface area contributed by atoms with E-state index in [-0.39, 0.29) is 0 Å². The fraction of sp³-hybridized carbons (Fsp3) is 0.889. The van der Waals surface area contributed by atoms with Crippen LogP contribution in [-0.4, -0.2) is 0 Å². The first-order valence-electron chi connectivity index (χ1n) is 4.02. The Kier molecular flexibility index (Phi) is 2.15. The molecule has 9 heavy (non-hydrogen) atoms. The Morgan fingerprint density at radius 2 is 1.89 bits per heavy atom. The molecule has 1 aliphatic carbocycles. The maximum absolute atomic E-state index is 2.44. The zero-order valence-corrected chi connectivity index (χ0v) is 6.61. The third kappa shape index (κ3) is 2.38. The summed E-state index contributed by atoms with van der Waals surface area (Å²) >= 11 is 0. The van der Waals surface area contributed by atoms with Crippen molar-refractivity contribution in [3.05, 3.63) is 6.42 Å². The molecule has 0 nitrogen and oxygen atoms in total. The van der Waals surface area contributed by atoms with E-state index in [2.05, 4.69) is 20.3 Å². The molecule has 0 bridgehead atoms. The van der Waals surface area contributed by atoms with Crippen molar-refractivity contribution in [2.45, 2.75) is 46.0 Å². The summed E-state index contributed by atoms with van der Waals surface area (Å²) in [4.78, 5) is 0. The van der Waals surface area contributed by atoms with Crippen LogP contribution in [0.4, 0.5) is 0 Å². The minimum absolute atomic E-state index is 0.632. The van der Waals surface area contributed by atoms with Crippen LogP contribution < -0.4 is 0 Å². The molecule has 0 aromatic rings. The van der Waals surface area contributed by atoms with Gasteiger partial charge < -0.3 is 6.42 Å². The summed E-state index contributed by atoms with van der Waals surface area (Å²) in [5.41, 5.74) is 0.632. The molecule has 0 heteroatoms. The highest BCUT2D eigenvalue weighted by molar-refractivity contribution is 4.78. The molecule has 0 radical (unpaired) electrons. The first kappa shape index (κ1) is 7.11. The second-order valence-electron chi connectivity index (χ2n) is 3.88. The number of hydrogen-bond acceptors (Lipinski definition) is 0. The number of rotatable bonds is 0. The zero-order chi connectivity index (χ0) is 6.74. The lowest BCUT2D eigenvalue weighted by Gasteiger charge is -2.22. The summed E-state index contributed by atoms with van der Waals surface area (Å²) in [7, 11) is 0. The van der Waals surface area contributed by atoms with E-state index in [1.807, 2.05) is 0 Å². The summed E-state index contributed by atoms with van der Waals surface area (Å²) in [6, 6.07) is 0. The van der Waals surface area contributed by atoms with E-state index in [0.717, 1.165) is 0 Å². The summed E-state index contributed by atoms with van der Waals surface area (Å²) in [5.74, 6) is 0. The van der Waals surface area contributed by atoms with Crippen molar-refractivity contribution < 1.29 is 0 Å². The molecule has 1 saturated carbocycles. The van der Waals surface area contributed by atoms with Crippen LogP contribution in [-0.2, 0) is 0 Å². The highest BCUT2D eigenvalue weighted by atomic mass is 14.2. The van der Waals surface area contributed by atoms with Crippen LogP contribution in [0.1, 0.15) is 46.0 Å². The Labute approximate surface area is 58.7 Å². The quantitative estimate of drug-likeness (QED) is 0.344. The summed E-state index contributed by atoms with van der Waals surface area (Å²) in [6.45, 7) is 4.76. The molecule has 1 aliphatic rings.